The Bertz CT molecular complexity index is 398. The van der Waals surface area contributed by atoms with Crippen molar-refractivity contribution in [3.8, 4) is 0 Å². The lowest BCUT2D eigenvalue weighted by Gasteiger charge is -2.23. The van der Waals surface area contributed by atoms with Gasteiger partial charge in [-0.3, -0.25) is 4.98 Å². The van der Waals surface area contributed by atoms with Gasteiger partial charge < -0.3 is 10.4 Å². The lowest BCUT2D eigenvalue weighted by molar-refractivity contribution is 0.0124. The molecule has 1 aromatic heterocycles. The molecule has 0 amide bonds. The molecule has 1 unspecified atom stereocenters. The summed E-state index contributed by atoms with van der Waals surface area (Å²) >= 11 is 0. The normalized spacial score (nSPS) is 13.4. The fraction of sp³-hybridized carbons (Fsp3) is 0.667. The molecule has 3 nitrogen and oxygen atoms in total. The number of aliphatic hydroxyl groups is 1. The number of aromatic nitrogens is 1. The van der Waals surface area contributed by atoms with Gasteiger partial charge in [0.1, 0.15) is 5.69 Å². The van der Waals surface area contributed by atoms with Crippen LogP contribution in [0.1, 0.15) is 58.9 Å². The van der Waals surface area contributed by atoms with Crippen molar-refractivity contribution in [2.45, 2.75) is 59.1 Å². The van der Waals surface area contributed by atoms with E-state index < -0.39 is 12.0 Å². The van der Waals surface area contributed by atoms with Crippen molar-refractivity contribution in [1.29, 1.82) is 0 Å². The Morgan fingerprint density at radius 3 is 2.25 bits per heavy atom. The third-order valence-electron chi connectivity index (χ3n) is 2.44. The number of halogens is 2. The van der Waals surface area contributed by atoms with Gasteiger partial charge >= 0.3 is 0 Å². The summed E-state index contributed by atoms with van der Waals surface area (Å²) < 4.78 is 26.2. The molecule has 1 heterocycles. The third-order valence-corrected chi connectivity index (χ3v) is 2.44. The quantitative estimate of drug-likeness (QED) is 0.889. The van der Waals surface area contributed by atoms with Crippen LogP contribution in [-0.4, -0.2) is 22.2 Å². The van der Waals surface area contributed by atoms with Crippen molar-refractivity contribution in [2.75, 3.05) is 6.54 Å². The summed E-state index contributed by atoms with van der Waals surface area (Å²) in [5, 5.41) is 13.1. The molecular formula is C15H26F2N2O. The number of nitrogens with zero attached hydrogens (tertiary/aromatic N) is 1. The van der Waals surface area contributed by atoms with Crippen LogP contribution in [0.2, 0.25) is 0 Å². The molecule has 1 atom stereocenters. The fourth-order valence-electron chi connectivity index (χ4n) is 1.41. The fourth-order valence-corrected chi connectivity index (χ4v) is 1.41. The van der Waals surface area contributed by atoms with E-state index in [2.05, 4.69) is 10.3 Å². The zero-order valence-electron chi connectivity index (χ0n) is 13.2. The number of hydrogen-bond donors (Lipinski definition) is 2. The van der Waals surface area contributed by atoms with Crippen LogP contribution in [-0.2, 0) is 5.92 Å². The summed E-state index contributed by atoms with van der Waals surface area (Å²) in [7, 11) is 0. The van der Waals surface area contributed by atoms with Gasteiger partial charge in [0, 0.05) is 25.2 Å². The molecule has 0 bridgehead atoms. The second kappa shape index (κ2) is 7.64. The highest BCUT2D eigenvalue weighted by Crippen LogP contribution is 2.26. The number of β-amino-alcohol motifs (C(OH)–C–C–N with tert-alkyl or cyclic N) is 1. The highest BCUT2D eigenvalue weighted by molar-refractivity contribution is 5.21. The first kappa shape index (κ1) is 18.9. The average Bonchev–Trinajstić information content (AvgIpc) is 2.36. The number of hydrogen-bond acceptors (Lipinski definition) is 3. The van der Waals surface area contributed by atoms with Crippen molar-refractivity contribution < 1.29 is 13.9 Å². The minimum Gasteiger partial charge on any atom is -0.387 e. The Kier molecular flexibility index (Phi) is 7.23. The molecule has 0 spiro atoms. The predicted molar refractivity (Wildman–Crippen MR) is 77.9 cm³/mol. The van der Waals surface area contributed by atoms with Gasteiger partial charge in [-0.05, 0) is 38.5 Å². The predicted octanol–water partition coefficient (Wildman–Crippen LogP) is 3.64. The molecule has 0 aliphatic rings. The van der Waals surface area contributed by atoms with Crippen LogP contribution >= 0.6 is 0 Å². The zero-order chi connectivity index (χ0) is 16.0. The molecule has 1 rings (SSSR count). The van der Waals surface area contributed by atoms with Crippen molar-refractivity contribution in [2.24, 2.45) is 0 Å². The van der Waals surface area contributed by atoms with E-state index in [1.807, 2.05) is 34.6 Å². The third kappa shape index (κ3) is 6.91. The largest absolute Gasteiger partial charge is 0.387 e. The molecule has 0 saturated carbocycles. The van der Waals surface area contributed by atoms with E-state index in [4.69, 9.17) is 0 Å². The molecule has 0 radical (unpaired) electrons. The Morgan fingerprint density at radius 1 is 1.25 bits per heavy atom. The highest BCUT2D eigenvalue weighted by atomic mass is 19.3. The Labute approximate surface area is 120 Å². The zero-order valence-corrected chi connectivity index (χ0v) is 13.2. The molecule has 0 saturated heterocycles. The van der Waals surface area contributed by atoms with Crippen LogP contribution in [0, 0.1) is 0 Å². The van der Waals surface area contributed by atoms with Crippen LogP contribution < -0.4 is 5.32 Å². The number of alkyl halides is 2. The maximum absolute atomic E-state index is 13.1. The highest BCUT2D eigenvalue weighted by Gasteiger charge is 2.27. The van der Waals surface area contributed by atoms with Gasteiger partial charge in [-0.25, -0.2) is 0 Å². The maximum Gasteiger partial charge on any atom is 0.286 e. The molecule has 0 aliphatic heterocycles. The topological polar surface area (TPSA) is 45.1 Å². The number of aliphatic hydroxyl groups excluding tert-OH is 1. The lowest BCUT2D eigenvalue weighted by Crippen LogP contribution is -2.38. The van der Waals surface area contributed by atoms with Crippen LogP contribution in [0.4, 0.5) is 8.78 Å². The number of pyridine rings is 1. The summed E-state index contributed by atoms with van der Waals surface area (Å²) in [6.07, 6.45) is 0.468. The minimum atomic E-state index is -2.99. The van der Waals surface area contributed by atoms with Crippen LogP contribution in [0.5, 0.6) is 0 Å². The standard InChI is InChI=1S/C13H20F2N2O.C2H6/c1-12(2,3)17-8-10(18)9-5-6-16-11(7-9)13(4,14)15;1-2/h5-7,10,17-18H,8H2,1-4H3;1-2H3. The van der Waals surface area contributed by atoms with Crippen molar-refractivity contribution >= 4 is 0 Å². The van der Waals surface area contributed by atoms with Crippen LogP contribution in [0.3, 0.4) is 0 Å². The van der Waals surface area contributed by atoms with Crippen molar-refractivity contribution in [1.82, 2.24) is 10.3 Å². The average molecular weight is 288 g/mol. The molecular weight excluding hydrogens is 262 g/mol. The summed E-state index contributed by atoms with van der Waals surface area (Å²) in [6.45, 7) is 11.0. The Hall–Kier alpha value is -1.07. The molecule has 1 aromatic rings. The Balaban J connectivity index is 0.00000172. The number of rotatable bonds is 4. The molecule has 20 heavy (non-hydrogen) atoms. The number of nitrogens with one attached hydrogen (secondary N) is 1. The smallest absolute Gasteiger partial charge is 0.286 e. The van der Waals surface area contributed by atoms with E-state index in [1.54, 1.807) is 6.07 Å². The van der Waals surface area contributed by atoms with Gasteiger partial charge in [-0.15, -0.1) is 0 Å². The molecule has 0 fully saturated rings. The minimum absolute atomic E-state index is 0.133. The van der Waals surface area contributed by atoms with Crippen LogP contribution in [0.15, 0.2) is 18.3 Å². The SMILES string of the molecule is CC.CC(C)(C)NCC(O)c1ccnc(C(C)(F)F)c1. The Morgan fingerprint density at radius 2 is 1.80 bits per heavy atom. The first-order valence-electron chi connectivity index (χ1n) is 6.87. The summed E-state index contributed by atoms with van der Waals surface area (Å²) in [4.78, 5) is 3.62. The summed E-state index contributed by atoms with van der Waals surface area (Å²) in [6, 6.07) is 2.79. The first-order chi connectivity index (χ1) is 9.09. The van der Waals surface area contributed by atoms with Gasteiger partial charge in [0.15, 0.2) is 0 Å². The second-order valence-electron chi connectivity index (χ2n) is 5.51. The van der Waals surface area contributed by atoms with E-state index >= 15 is 0 Å². The van der Waals surface area contributed by atoms with Crippen molar-refractivity contribution in [3.05, 3.63) is 29.6 Å². The van der Waals surface area contributed by atoms with Crippen LogP contribution in [0.25, 0.3) is 0 Å². The molecule has 116 valence electrons. The molecule has 0 aliphatic carbocycles. The monoisotopic (exact) mass is 288 g/mol. The van der Waals surface area contributed by atoms with Gasteiger partial charge in [0.05, 0.1) is 6.10 Å². The lowest BCUT2D eigenvalue weighted by atomic mass is 10.1. The second-order valence-corrected chi connectivity index (χ2v) is 5.51. The van der Waals surface area contributed by atoms with E-state index in [9.17, 15) is 13.9 Å². The summed E-state index contributed by atoms with van der Waals surface area (Å²) in [5.41, 5.74) is -0.0148. The molecule has 5 heteroatoms. The van der Waals surface area contributed by atoms with E-state index in [0.29, 0.717) is 12.1 Å². The van der Waals surface area contributed by atoms with Gasteiger partial charge in [0.25, 0.3) is 5.92 Å². The summed E-state index contributed by atoms with van der Waals surface area (Å²) in [5.74, 6) is -2.99. The molecule has 2 N–H and O–H groups in total. The maximum atomic E-state index is 13.1. The van der Waals surface area contributed by atoms with Gasteiger partial charge in [-0.1, -0.05) is 13.8 Å². The van der Waals surface area contributed by atoms with E-state index in [-0.39, 0.29) is 11.2 Å². The first-order valence-corrected chi connectivity index (χ1v) is 6.87. The van der Waals surface area contributed by atoms with Gasteiger partial charge in [-0.2, -0.15) is 8.78 Å². The van der Waals surface area contributed by atoms with E-state index in [0.717, 1.165) is 6.92 Å². The van der Waals surface area contributed by atoms with Crippen molar-refractivity contribution in [3.63, 3.8) is 0 Å². The van der Waals surface area contributed by atoms with Gasteiger partial charge in [0.2, 0.25) is 0 Å². The molecule has 0 aromatic carbocycles. The van der Waals surface area contributed by atoms with E-state index in [1.165, 1.54) is 12.3 Å².